The molecule has 0 radical (unpaired) electrons. The van der Waals surface area contributed by atoms with Crippen LogP contribution in [0.25, 0.3) is 0 Å². The van der Waals surface area contributed by atoms with Gasteiger partial charge in [-0.2, -0.15) is 0 Å². The van der Waals surface area contributed by atoms with Crippen LogP contribution < -0.4 is 4.74 Å². The number of aryl methyl sites for hydroxylation is 2. The molecule has 0 atom stereocenters. The monoisotopic (exact) mass is 352 g/mol. The second-order valence-corrected chi connectivity index (χ2v) is 6.93. The highest BCUT2D eigenvalue weighted by Crippen LogP contribution is 2.22. The lowest BCUT2D eigenvalue weighted by molar-refractivity contribution is 0.0627. The first-order valence-electron chi connectivity index (χ1n) is 9.34. The number of carbonyl (C=O) groups is 1. The second kappa shape index (κ2) is 8.37. The summed E-state index contributed by atoms with van der Waals surface area (Å²) in [6.45, 7) is 8.39. The van der Waals surface area contributed by atoms with E-state index < -0.39 is 0 Å². The van der Waals surface area contributed by atoms with Crippen molar-refractivity contribution >= 4 is 5.91 Å². The summed E-state index contributed by atoms with van der Waals surface area (Å²) in [5.41, 5.74) is 4.50. The molecule has 0 N–H and O–H groups in total. The Bertz CT molecular complexity index is 747. The van der Waals surface area contributed by atoms with Crippen LogP contribution in [0.5, 0.6) is 5.75 Å². The number of ether oxygens (including phenoxy) is 1. The lowest BCUT2D eigenvalue weighted by Gasteiger charge is -2.35. The summed E-state index contributed by atoms with van der Waals surface area (Å²) in [5, 5.41) is 0. The largest absolute Gasteiger partial charge is 0.496 e. The topological polar surface area (TPSA) is 32.8 Å². The molecule has 1 amide bonds. The van der Waals surface area contributed by atoms with Crippen LogP contribution in [0.3, 0.4) is 0 Å². The average molecular weight is 352 g/mol. The molecule has 4 heteroatoms. The molecule has 2 aromatic carbocycles. The molecule has 26 heavy (non-hydrogen) atoms. The molecule has 1 aliphatic rings. The van der Waals surface area contributed by atoms with Gasteiger partial charge in [-0.1, -0.05) is 36.8 Å². The minimum atomic E-state index is 0.139. The number of piperazine rings is 1. The summed E-state index contributed by atoms with van der Waals surface area (Å²) in [6.07, 6.45) is 0.996. The molecule has 0 saturated carbocycles. The quantitative estimate of drug-likeness (QED) is 0.825. The van der Waals surface area contributed by atoms with Gasteiger partial charge in [-0.15, -0.1) is 0 Å². The van der Waals surface area contributed by atoms with Crippen molar-refractivity contribution in [2.24, 2.45) is 0 Å². The van der Waals surface area contributed by atoms with E-state index in [1.54, 1.807) is 7.11 Å². The van der Waals surface area contributed by atoms with Crippen LogP contribution in [0, 0.1) is 6.92 Å². The number of benzene rings is 2. The van der Waals surface area contributed by atoms with E-state index in [4.69, 9.17) is 4.74 Å². The fourth-order valence-electron chi connectivity index (χ4n) is 3.45. The first-order chi connectivity index (χ1) is 12.6. The molecule has 138 valence electrons. The van der Waals surface area contributed by atoms with Gasteiger partial charge in [-0.05, 0) is 37.1 Å². The van der Waals surface area contributed by atoms with E-state index >= 15 is 0 Å². The zero-order valence-corrected chi connectivity index (χ0v) is 16.0. The third-order valence-corrected chi connectivity index (χ3v) is 5.10. The Balaban J connectivity index is 1.58. The number of hydrogen-bond acceptors (Lipinski definition) is 3. The van der Waals surface area contributed by atoms with Gasteiger partial charge in [-0.3, -0.25) is 9.69 Å². The van der Waals surface area contributed by atoms with Gasteiger partial charge in [0.25, 0.3) is 5.91 Å². The van der Waals surface area contributed by atoms with E-state index in [0.29, 0.717) is 0 Å². The maximum Gasteiger partial charge on any atom is 0.253 e. The Kier molecular flexibility index (Phi) is 5.94. The molecule has 1 heterocycles. The molecule has 3 rings (SSSR count). The van der Waals surface area contributed by atoms with Crippen molar-refractivity contribution < 1.29 is 9.53 Å². The van der Waals surface area contributed by atoms with Gasteiger partial charge in [0, 0.05) is 43.9 Å². The number of hydrogen-bond donors (Lipinski definition) is 0. The zero-order valence-electron chi connectivity index (χ0n) is 16.0. The molecular formula is C22H28N2O2. The number of amides is 1. The highest BCUT2D eigenvalue weighted by atomic mass is 16.5. The first-order valence-corrected chi connectivity index (χ1v) is 9.34. The molecule has 1 saturated heterocycles. The minimum Gasteiger partial charge on any atom is -0.496 e. The third kappa shape index (κ3) is 4.25. The maximum atomic E-state index is 12.7. The predicted octanol–water partition coefficient (Wildman–Crippen LogP) is 3.52. The molecule has 0 aliphatic carbocycles. The molecule has 1 fully saturated rings. The Labute approximate surface area is 156 Å². The molecule has 0 aromatic heterocycles. The van der Waals surface area contributed by atoms with Crippen LogP contribution in [0.4, 0.5) is 0 Å². The van der Waals surface area contributed by atoms with Crippen molar-refractivity contribution in [2.45, 2.75) is 26.8 Å². The van der Waals surface area contributed by atoms with Crippen LogP contribution >= 0.6 is 0 Å². The Morgan fingerprint density at radius 1 is 1.04 bits per heavy atom. The fraction of sp³-hybridized carbons (Fsp3) is 0.409. The summed E-state index contributed by atoms with van der Waals surface area (Å²) in [4.78, 5) is 17.1. The highest BCUT2D eigenvalue weighted by molar-refractivity contribution is 5.94. The lowest BCUT2D eigenvalue weighted by atomic mass is 10.1. The normalized spacial score (nSPS) is 15.1. The summed E-state index contributed by atoms with van der Waals surface area (Å²) in [7, 11) is 1.72. The lowest BCUT2D eigenvalue weighted by Crippen LogP contribution is -2.48. The highest BCUT2D eigenvalue weighted by Gasteiger charge is 2.22. The third-order valence-electron chi connectivity index (χ3n) is 5.10. The van der Waals surface area contributed by atoms with Crippen molar-refractivity contribution in [1.29, 1.82) is 0 Å². The smallest absolute Gasteiger partial charge is 0.253 e. The van der Waals surface area contributed by atoms with E-state index in [1.807, 2.05) is 35.2 Å². The predicted molar refractivity (Wildman–Crippen MR) is 105 cm³/mol. The van der Waals surface area contributed by atoms with Crippen molar-refractivity contribution in [2.75, 3.05) is 33.3 Å². The van der Waals surface area contributed by atoms with E-state index in [2.05, 4.69) is 30.9 Å². The van der Waals surface area contributed by atoms with Gasteiger partial charge in [0.1, 0.15) is 5.75 Å². The summed E-state index contributed by atoms with van der Waals surface area (Å²) >= 11 is 0. The molecule has 4 nitrogen and oxygen atoms in total. The molecule has 1 aliphatic heterocycles. The van der Waals surface area contributed by atoms with Gasteiger partial charge >= 0.3 is 0 Å². The van der Waals surface area contributed by atoms with Crippen molar-refractivity contribution in [3.63, 3.8) is 0 Å². The van der Waals surface area contributed by atoms with Crippen LogP contribution in [-0.4, -0.2) is 49.0 Å². The number of methoxy groups -OCH3 is 1. The second-order valence-electron chi connectivity index (χ2n) is 6.93. The molecule has 2 aromatic rings. The van der Waals surface area contributed by atoms with Crippen LogP contribution in [0.15, 0.2) is 42.5 Å². The summed E-state index contributed by atoms with van der Waals surface area (Å²) in [6, 6.07) is 14.3. The summed E-state index contributed by atoms with van der Waals surface area (Å²) < 4.78 is 5.49. The Morgan fingerprint density at radius 2 is 1.73 bits per heavy atom. The maximum absolute atomic E-state index is 12.7. The van der Waals surface area contributed by atoms with Gasteiger partial charge < -0.3 is 9.64 Å². The Hall–Kier alpha value is -2.33. The van der Waals surface area contributed by atoms with Crippen molar-refractivity contribution in [3.05, 3.63) is 64.7 Å². The molecular weight excluding hydrogens is 324 g/mol. The van der Waals surface area contributed by atoms with Gasteiger partial charge in [-0.25, -0.2) is 0 Å². The van der Waals surface area contributed by atoms with Gasteiger partial charge in [0.05, 0.1) is 7.11 Å². The Morgan fingerprint density at radius 3 is 2.35 bits per heavy atom. The van der Waals surface area contributed by atoms with E-state index in [9.17, 15) is 4.79 Å². The fourth-order valence-corrected chi connectivity index (χ4v) is 3.45. The van der Waals surface area contributed by atoms with Crippen LogP contribution in [0.2, 0.25) is 0 Å². The molecule has 0 bridgehead atoms. The number of nitrogens with zero attached hydrogens (tertiary/aromatic N) is 2. The van der Waals surface area contributed by atoms with E-state index in [-0.39, 0.29) is 5.91 Å². The first kappa shape index (κ1) is 18.5. The minimum absolute atomic E-state index is 0.139. The van der Waals surface area contributed by atoms with Crippen LogP contribution in [-0.2, 0) is 13.0 Å². The van der Waals surface area contributed by atoms with Gasteiger partial charge in [0.2, 0.25) is 0 Å². The van der Waals surface area contributed by atoms with E-state index in [1.165, 1.54) is 16.7 Å². The van der Waals surface area contributed by atoms with Gasteiger partial charge in [0.15, 0.2) is 0 Å². The average Bonchev–Trinajstić information content (AvgIpc) is 2.68. The number of carbonyl (C=O) groups excluding carboxylic acids is 1. The van der Waals surface area contributed by atoms with Crippen molar-refractivity contribution in [1.82, 2.24) is 9.80 Å². The molecule has 0 spiro atoms. The zero-order chi connectivity index (χ0) is 18.5. The standard InChI is InChI=1S/C22H28N2O2/c1-4-18-6-8-19(9-7-18)22(25)24-13-11-23(12-14-24)16-20-15-17(2)5-10-21(20)26-3/h5-10,15H,4,11-14,16H2,1-3H3. The van der Waals surface area contributed by atoms with Crippen molar-refractivity contribution in [3.8, 4) is 5.75 Å². The van der Waals surface area contributed by atoms with Crippen LogP contribution in [0.1, 0.15) is 34.0 Å². The summed E-state index contributed by atoms with van der Waals surface area (Å²) in [5.74, 6) is 1.07. The molecule has 0 unspecified atom stereocenters. The van der Waals surface area contributed by atoms with E-state index in [0.717, 1.165) is 50.5 Å². The SMILES string of the molecule is CCc1ccc(C(=O)N2CCN(Cc3cc(C)ccc3OC)CC2)cc1. The number of rotatable bonds is 5.